The fourth-order valence-corrected chi connectivity index (χ4v) is 4.12. The van der Waals surface area contributed by atoms with Gasteiger partial charge in [0.05, 0.1) is 10.6 Å². The Hall–Kier alpha value is -1.14. The van der Waals surface area contributed by atoms with Gasteiger partial charge in [0.2, 0.25) is 0 Å². The molecule has 1 N–H and O–H groups in total. The number of anilines is 1. The molecule has 0 saturated carbocycles. The predicted octanol–water partition coefficient (Wildman–Crippen LogP) is 3.70. The van der Waals surface area contributed by atoms with Crippen LogP contribution in [0.4, 0.5) is 11.4 Å². The van der Waals surface area contributed by atoms with E-state index in [-0.39, 0.29) is 10.6 Å². The summed E-state index contributed by atoms with van der Waals surface area (Å²) in [5, 5.41) is 14.6. The van der Waals surface area contributed by atoms with Crippen LogP contribution >= 0.6 is 15.9 Å². The molecule has 0 aromatic heterocycles. The fraction of sp³-hybridized carbons (Fsp3) is 0.600. The third-order valence-corrected chi connectivity index (χ3v) is 5.32. The molecule has 21 heavy (non-hydrogen) atoms. The lowest BCUT2D eigenvalue weighted by Crippen LogP contribution is -2.42. The number of hydrogen-bond acceptors (Lipinski definition) is 4. The highest BCUT2D eigenvalue weighted by Crippen LogP contribution is 2.34. The number of aryl methyl sites for hydroxylation is 1. The fourth-order valence-electron chi connectivity index (χ4n) is 3.54. The quantitative estimate of drug-likeness (QED) is 0.664. The third-order valence-electron chi connectivity index (χ3n) is 4.66. The summed E-state index contributed by atoms with van der Waals surface area (Å²) in [6, 6.07) is 4.57. The normalized spacial score (nSPS) is 25.6. The molecule has 2 atom stereocenters. The number of fused-ring (bicyclic) bond motifs is 1. The second-order valence-corrected chi connectivity index (χ2v) is 6.93. The molecule has 0 spiro atoms. The van der Waals surface area contributed by atoms with Gasteiger partial charge in [0.15, 0.2) is 0 Å². The van der Waals surface area contributed by atoms with E-state index in [0.717, 1.165) is 29.5 Å². The zero-order chi connectivity index (χ0) is 15.0. The Bertz CT molecular complexity index is 564. The van der Waals surface area contributed by atoms with Crippen molar-refractivity contribution in [1.82, 2.24) is 4.90 Å². The summed E-state index contributed by atoms with van der Waals surface area (Å²) in [7, 11) is 0. The molecule has 5 nitrogen and oxygen atoms in total. The lowest BCUT2D eigenvalue weighted by Gasteiger charge is -2.35. The van der Waals surface area contributed by atoms with Gasteiger partial charge in [0, 0.05) is 34.7 Å². The minimum atomic E-state index is -0.313. The molecular formula is C15H20BrN3O2. The van der Waals surface area contributed by atoms with E-state index in [1.165, 1.54) is 19.4 Å². The van der Waals surface area contributed by atoms with Crippen LogP contribution in [0.15, 0.2) is 16.6 Å². The number of halogens is 1. The molecule has 2 fully saturated rings. The molecule has 114 valence electrons. The molecule has 2 saturated heterocycles. The van der Waals surface area contributed by atoms with Crippen LogP contribution in [-0.4, -0.2) is 35.0 Å². The van der Waals surface area contributed by atoms with Crippen molar-refractivity contribution in [2.75, 3.05) is 18.4 Å². The first-order chi connectivity index (χ1) is 10.0. The number of nitrogens with zero attached hydrogens (tertiary/aromatic N) is 2. The first kappa shape index (κ1) is 14.8. The van der Waals surface area contributed by atoms with Crippen molar-refractivity contribution in [2.45, 2.75) is 44.7 Å². The van der Waals surface area contributed by atoms with Gasteiger partial charge in [-0.1, -0.05) is 0 Å². The SMILES string of the molecule is Cc1cc(Br)c(NC2CCN3CCCC3C2)cc1[N+](=O)[O-]. The number of benzene rings is 1. The van der Waals surface area contributed by atoms with Crippen LogP contribution in [0.1, 0.15) is 31.2 Å². The van der Waals surface area contributed by atoms with Crippen molar-refractivity contribution in [3.8, 4) is 0 Å². The van der Waals surface area contributed by atoms with Gasteiger partial charge in [-0.05, 0) is 61.1 Å². The Morgan fingerprint density at radius 3 is 2.95 bits per heavy atom. The minimum absolute atomic E-state index is 0.180. The summed E-state index contributed by atoms with van der Waals surface area (Å²) in [5.41, 5.74) is 1.70. The molecule has 2 aliphatic heterocycles. The molecule has 0 bridgehead atoms. The average Bonchev–Trinajstić information content (AvgIpc) is 2.88. The topological polar surface area (TPSA) is 58.4 Å². The highest BCUT2D eigenvalue weighted by atomic mass is 79.9. The van der Waals surface area contributed by atoms with Crippen molar-refractivity contribution < 1.29 is 4.92 Å². The van der Waals surface area contributed by atoms with Gasteiger partial charge in [0.1, 0.15) is 0 Å². The monoisotopic (exact) mass is 353 g/mol. The largest absolute Gasteiger partial charge is 0.381 e. The van der Waals surface area contributed by atoms with E-state index in [1.807, 2.05) is 6.07 Å². The zero-order valence-electron chi connectivity index (χ0n) is 12.1. The maximum atomic E-state index is 11.1. The van der Waals surface area contributed by atoms with Gasteiger partial charge in [-0.15, -0.1) is 0 Å². The molecule has 1 aromatic carbocycles. The van der Waals surface area contributed by atoms with Crippen molar-refractivity contribution in [1.29, 1.82) is 0 Å². The Morgan fingerprint density at radius 2 is 2.19 bits per heavy atom. The number of piperidine rings is 1. The van der Waals surface area contributed by atoms with E-state index in [1.54, 1.807) is 13.0 Å². The van der Waals surface area contributed by atoms with Gasteiger partial charge >= 0.3 is 0 Å². The molecule has 6 heteroatoms. The lowest BCUT2D eigenvalue weighted by atomic mass is 9.97. The number of nitrogens with one attached hydrogen (secondary N) is 1. The van der Waals surface area contributed by atoms with E-state index in [4.69, 9.17) is 0 Å². The Kier molecular flexibility index (Phi) is 4.17. The number of nitro benzene ring substituents is 1. The summed E-state index contributed by atoms with van der Waals surface area (Å²) in [6.07, 6.45) is 4.82. The molecule has 0 aliphatic carbocycles. The third kappa shape index (κ3) is 3.06. The minimum Gasteiger partial charge on any atom is -0.381 e. The maximum absolute atomic E-state index is 11.1. The smallest absolute Gasteiger partial charge is 0.274 e. The Morgan fingerprint density at radius 1 is 1.38 bits per heavy atom. The van der Waals surface area contributed by atoms with Crippen LogP contribution < -0.4 is 5.32 Å². The van der Waals surface area contributed by atoms with Crippen LogP contribution in [0.5, 0.6) is 0 Å². The van der Waals surface area contributed by atoms with Crippen LogP contribution in [0, 0.1) is 17.0 Å². The number of rotatable bonds is 3. The number of hydrogen-bond donors (Lipinski definition) is 1. The van der Waals surface area contributed by atoms with Gasteiger partial charge < -0.3 is 10.2 Å². The summed E-state index contributed by atoms with van der Waals surface area (Å²) in [5.74, 6) is 0. The summed E-state index contributed by atoms with van der Waals surface area (Å²) in [4.78, 5) is 13.3. The van der Waals surface area contributed by atoms with Gasteiger partial charge in [-0.2, -0.15) is 0 Å². The van der Waals surface area contributed by atoms with Crippen LogP contribution in [-0.2, 0) is 0 Å². The van der Waals surface area contributed by atoms with E-state index < -0.39 is 0 Å². The van der Waals surface area contributed by atoms with Gasteiger partial charge in [-0.25, -0.2) is 0 Å². The van der Waals surface area contributed by atoms with Crippen molar-refractivity contribution in [3.05, 3.63) is 32.3 Å². The molecule has 2 heterocycles. The first-order valence-electron chi connectivity index (χ1n) is 7.49. The average molecular weight is 354 g/mol. The second-order valence-electron chi connectivity index (χ2n) is 6.07. The predicted molar refractivity (Wildman–Crippen MR) is 86.8 cm³/mol. The molecule has 2 aliphatic rings. The second kappa shape index (κ2) is 5.93. The zero-order valence-corrected chi connectivity index (χ0v) is 13.7. The molecule has 0 radical (unpaired) electrons. The van der Waals surface area contributed by atoms with Crippen molar-refractivity contribution in [3.63, 3.8) is 0 Å². The van der Waals surface area contributed by atoms with Crippen molar-refractivity contribution in [2.24, 2.45) is 0 Å². The van der Waals surface area contributed by atoms with Crippen LogP contribution in [0.25, 0.3) is 0 Å². The number of nitro groups is 1. The Balaban J connectivity index is 1.75. The van der Waals surface area contributed by atoms with E-state index in [0.29, 0.717) is 17.6 Å². The first-order valence-corrected chi connectivity index (χ1v) is 8.29. The maximum Gasteiger partial charge on any atom is 0.274 e. The lowest BCUT2D eigenvalue weighted by molar-refractivity contribution is -0.385. The molecule has 1 aromatic rings. The van der Waals surface area contributed by atoms with Crippen LogP contribution in [0.2, 0.25) is 0 Å². The Labute approximate surface area is 133 Å². The highest BCUT2D eigenvalue weighted by molar-refractivity contribution is 9.10. The standard InChI is InChI=1S/C15H20BrN3O2/c1-10-7-13(16)14(9-15(10)19(20)21)17-11-4-6-18-5-2-3-12(18)8-11/h7,9,11-12,17H,2-6,8H2,1H3. The van der Waals surface area contributed by atoms with Crippen molar-refractivity contribution >= 4 is 27.3 Å². The summed E-state index contributed by atoms with van der Waals surface area (Å²) in [6.45, 7) is 4.13. The summed E-state index contributed by atoms with van der Waals surface area (Å²) >= 11 is 3.52. The van der Waals surface area contributed by atoms with E-state index >= 15 is 0 Å². The molecule has 0 amide bonds. The molecular weight excluding hydrogens is 334 g/mol. The molecule has 3 rings (SSSR count). The van der Waals surface area contributed by atoms with Gasteiger partial charge in [0.25, 0.3) is 5.69 Å². The van der Waals surface area contributed by atoms with Gasteiger partial charge in [-0.3, -0.25) is 10.1 Å². The molecule has 2 unspecified atom stereocenters. The van der Waals surface area contributed by atoms with E-state index in [2.05, 4.69) is 26.1 Å². The summed E-state index contributed by atoms with van der Waals surface area (Å²) < 4.78 is 0.902. The van der Waals surface area contributed by atoms with E-state index in [9.17, 15) is 10.1 Å². The van der Waals surface area contributed by atoms with Crippen LogP contribution in [0.3, 0.4) is 0 Å². The highest BCUT2D eigenvalue weighted by Gasteiger charge is 2.31.